The van der Waals surface area contributed by atoms with Crippen molar-refractivity contribution < 1.29 is 71.7 Å². The molecule has 142 valence electrons. The van der Waals surface area contributed by atoms with Crippen LogP contribution in [0.4, 0.5) is 0 Å². The number of hydrogen-bond donors (Lipinski definition) is 2. The van der Waals surface area contributed by atoms with E-state index in [9.17, 15) is 4.57 Å². The van der Waals surface area contributed by atoms with E-state index in [1.54, 1.807) is 0 Å². The van der Waals surface area contributed by atoms with Crippen molar-refractivity contribution >= 4 is 7.82 Å². The van der Waals surface area contributed by atoms with E-state index in [2.05, 4.69) is 13.8 Å². The quantitative estimate of drug-likeness (QED) is 0.227. The van der Waals surface area contributed by atoms with Gasteiger partial charge in [-0.2, -0.15) is 0 Å². The first-order chi connectivity index (χ1) is 11.0. The van der Waals surface area contributed by atoms with E-state index in [1.807, 2.05) is 0 Å². The third-order valence-electron chi connectivity index (χ3n) is 4.30. The summed E-state index contributed by atoms with van der Waals surface area (Å²) < 4.78 is 16.0. The largest absolute Gasteiger partial charge is 1.00 e. The fourth-order valence-corrected chi connectivity index (χ4v) is 3.52. The molecule has 2 N–H and O–H groups in total. The van der Waals surface area contributed by atoms with Gasteiger partial charge in [-0.1, -0.05) is 97.3 Å². The van der Waals surface area contributed by atoms with Crippen molar-refractivity contribution in [2.75, 3.05) is 0 Å². The fourth-order valence-electron chi connectivity index (χ4n) is 2.93. The van der Waals surface area contributed by atoms with Gasteiger partial charge in [0.2, 0.25) is 0 Å². The molecule has 0 amide bonds. The predicted molar refractivity (Wildman–Crippen MR) is 98.6 cm³/mol. The molecular formula is C18H40KO4P. The molecule has 24 heavy (non-hydrogen) atoms. The minimum Gasteiger partial charge on any atom is -1.00 e. The number of rotatable bonds is 17. The van der Waals surface area contributed by atoms with Gasteiger partial charge < -0.3 is 11.2 Å². The van der Waals surface area contributed by atoms with Gasteiger partial charge in [0.05, 0.1) is 6.10 Å². The van der Waals surface area contributed by atoms with Crippen LogP contribution in [0.25, 0.3) is 0 Å². The summed E-state index contributed by atoms with van der Waals surface area (Å²) in [6, 6.07) is 0. The molecule has 4 nitrogen and oxygen atoms in total. The van der Waals surface area contributed by atoms with Crippen molar-refractivity contribution in [1.29, 1.82) is 0 Å². The molecule has 0 aliphatic rings. The maximum absolute atomic E-state index is 11.1. The van der Waals surface area contributed by atoms with Crippen LogP contribution in [0.5, 0.6) is 0 Å². The Hall–Kier alpha value is 1.75. The van der Waals surface area contributed by atoms with E-state index in [0.29, 0.717) is 0 Å². The van der Waals surface area contributed by atoms with Crippen molar-refractivity contribution in [1.82, 2.24) is 0 Å². The van der Waals surface area contributed by atoms with Gasteiger partial charge in [-0.25, -0.2) is 4.57 Å². The number of unbranched alkanes of at least 4 members (excludes halogenated alkanes) is 11. The van der Waals surface area contributed by atoms with Crippen LogP contribution >= 0.6 is 7.82 Å². The standard InChI is InChI=1S/C18H39O4P.K.H/c1-3-5-7-9-10-11-12-13-15-17-18(22-23(19,20)21)16-14-8-6-4-2;;/h18H,3-17H2,1-2H3,(H2,19,20,21);;/q;+1;-1. The Bertz CT molecular complexity index is 303. The average molecular weight is 391 g/mol. The first-order valence-electron chi connectivity index (χ1n) is 9.73. The second-order valence-corrected chi connectivity index (χ2v) is 7.88. The summed E-state index contributed by atoms with van der Waals surface area (Å²) in [5, 5.41) is 0. The fraction of sp³-hybridized carbons (Fsp3) is 1.00. The first kappa shape index (κ1) is 28.0. The summed E-state index contributed by atoms with van der Waals surface area (Å²) in [6.07, 6.45) is 17.0. The van der Waals surface area contributed by atoms with Crippen LogP contribution in [0.2, 0.25) is 0 Å². The Labute approximate surface area is 194 Å². The zero-order chi connectivity index (χ0) is 17.4. The zero-order valence-corrected chi connectivity index (χ0v) is 20.4. The molecule has 0 aromatic rings. The molecule has 0 aromatic carbocycles. The number of phosphoric acid groups is 1. The van der Waals surface area contributed by atoms with E-state index in [0.717, 1.165) is 38.5 Å². The molecule has 0 rings (SSSR count). The number of phosphoric ester groups is 1. The van der Waals surface area contributed by atoms with Crippen LogP contribution < -0.4 is 51.4 Å². The Morgan fingerprint density at radius 2 is 1.08 bits per heavy atom. The van der Waals surface area contributed by atoms with Crippen LogP contribution in [-0.2, 0) is 9.09 Å². The van der Waals surface area contributed by atoms with Crippen LogP contribution in [0, 0.1) is 0 Å². The van der Waals surface area contributed by atoms with Crippen LogP contribution in [0.1, 0.15) is 112 Å². The third kappa shape index (κ3) is 21.8. The molecule has 0 radical (unpaired) electrons. The molecule has 0 aromatic heterocycles. The molecule has 0 spiro atoms. The van der Waals surface area contributed by atoms with Gasteiger partial charge >= 0.3 is 59.2 Å². The van der Waals surface area contributed by atoms with E-state index in [4.69, 9.17) is 14.3 Å². The van der Waals surface area contributed by atoms with E-state index in [-0.39, 0.29) is 58.9 Å². The van der Waals surface area contributed by atoms with Gasteiger partial charge in [-0.3, -0.25) is 4.52 Å². The molecule has 0 heterocycles. The SMILES string of the molecule is CCCCCCCCCCCC(CCCCCC)OP(=O)(O)O.[H-].[K+]. The summed E-state index contributed by atoms with van der Waals surface area (Å²) in [6.45, 7) is 4.39. The minimum atomic E-state index is -4.35. The zero-order valence-electron chi connectivity index (χ0n) is 17.3. The summed E-state index contributed by atoms with van der Waals surface area (Å²) in [5.41, 5.74) is 0. The maximum atomic E-state index is 11.1. The predicted octanol–water partition coefficient (Wildman–Crippen LogP) is 3.47. The second-order valence-electron chi connectivity index (χ2n) is 6.68. The van der Waals surface area contributed by atoms with Crippen molar-refractivity contribution in [3.8, 4) is 0 Å². The summed E-state index contributed by atoms with van der Waals surface area (Å²) >= 11 is 0. The van der Waals surface area contributed by atoms with E-state index in [1.165, 1.54) is 57.8 Å². The molecule has 0 aliphatic heterocycles. The van der Waals surface area contributed by atoms with Gasteiger partial charge in [-0.15, -0.1) is 0 Å². The smallest absolute Gasteiger partial charge is 1.00 e. The number of hydrogen-bond acceptors (Lipinski definition) is 2. The Morgan fingerprint density at radius 1 is 0.750 bits per heavy atom. The van der Waals surface area contributed by atoms with Crippen LogP contribution in [0.3, 0.4) is 0 Å². The molecule has 6 heteroatoms. The molecule has 0 fully saturated rings. The van der Waals surface area contributed by atoms with E-state index < -0.39 is 7.82 Å². The molecule has 1 atom stereocenters. The normalized spacial score (nSPS) is 12.8. The average Bonchev–Trinajstić information content (AvgIpc) is 2.48. The van der Waals surface area contributed by atoms with Crippen molar-refractivity contribution in [3.05, 3.63) is 0 Å². The Morgan fingerprint density at radius 3 is 1.46 bits per heavy atom. The first-order valence-corrected chi connectivity index (χ1v) is 11.3. The van der Waals surface area contributed by atoms with E-state index >= 15 is 0 Å². The topological polar surface area (TPSA) is 66.8 Å². The maximum Gasteiger partial charge on any atom is 1.00 e. The van der Waals surface area contributed by atoms with Gasteiger partial charge in [0, 0.05) is 0 Å². The van der Waals surface area contributed by atoms with Crippen molar-refractivity contribution in [3.63, 3.8) is 0 Å². The third-order valence-corrected chi connectivity index (χ3v) is 4.87. The monoisotopic (exact) mass is 390 g/mol. The molecule has 1 unspecified atom stereocenters. The van der Waals surface area contributed by atoms with Gasteiger partial charge in [-0.05, 0) is 12.8 Å². The summed E-state index contributed by atoms with van der Waals surface area (Å²) in [5.74, 6) is 0. The van der Waals surface area contributed by atoms with Crippen LogP contribution in [0.15, 0.2) is 0 Å². The molecular weight excluding hydrogens is 350 g/mol. The summed E-state index contributed by atoms with van der Waals surface area (Å²) in [4.78, 5) is 18.0. The van der Waals surface area contributed by atoms with Gasteiger partial charge in [0.15, 0.2) is 0 Å². The molecule has 0 saturated heterocycles. The Kier molecular flexibility index (Phi) is 22.7. The van der Waals surface area contributed by atoms with Crippen molar-refractivity contribution in [2.24, 2.45) is 0 Å². The van der Waals surface area contributed by atoms with Gasteiger partial charge in [0.25, 0.3) is 0 Å². The second kappa shape index (κ2) is 19.5. The summed E-state index contributed by atoms with van der Waals surface area (Å²) in [7, 11) is -4.35. The van der Waals surface area contributed by atoms with Crippen LogP contribution in [-0.4, -0.2) is 15.9 Å². The van der Waals surface area contributed by atoms with Crippen molar-refractivity contribution in [2.45, 2.75) is 116 Å². The molecule has 0 bridgehead atoms. The minimum absolute atomic E-state index is 0. The molecule has 0 saturated carbocycles. The van der Waals surface area contributed by atoms with Gasteiger partial charge in [0.1, 0.15) is 0 Å². The molecule has 0 aliphatic carbocycles. The Balaban J connectivity index is -0.00000242.